The molecule has 0 unspecified atom stereocenters. The number of hydrogen-bond donors (Lipinski definition) is 4. The third-order valence-electron chi connectivity index (χ3n) is 7.40. The number of carbonyl (C=O) groups excluding carboxylic acids is 3. The predicted octanol–water partition coefficient (Wildman–Crippen LogP) is 6.14. The number of alkyl carbamates (subject to hydrolysis) is 1. The van der Waals surface area contributed by atoms with Crippen LogP contribution in [-0.2, 0) is 15.0 Å². The maximum Gasteiger partial charge on any atom is 0.425 e. The second kappa shape index (κ2) is 13.4. The Morgan fingerprint density at radius 2 is 1.70 bits per heavy atom. The van der Waals surface area contributed by atoms with Gasteiger partial charge in [-0.25, -0.2) is 24.4 Å². The Morgan fingerprint density at radius 3 is 2.33 bits per heavy atom. The molecule has 1 aromatic heterocycles. The van der Waals surface area contributed by atoms with Crippen molar-refractivity contribution in [1.29, 1.82) is 0 Å². The van der Waals surface area contributed by atoms with E-state index < -0.39 is 35.0 Å². The number of imide groups is 1. The number of nitrogens with one attached hydrogen (secondary N) is 3. The van der Waals surface area contributed by atoms with E-state index in [1.807, 2.05) is 13.0 Å². The number of amides is 4. The average Bonchev–Trinajstić information content (AvgIpc) is 3.18. The highest BCUT2D eigenvalue weighted by molar-refractivity contribution is 6.09. The van der Waals surface area contributed by atoms with E-state index in [1.165, 1.54) is 0 Å². The number of carboxylic acid groups (broad SMARTS) is 1. The van der Waals surface area contributed by atoms with E-state index in [1.54, 1.807) is 47.6 Å². The van der Waals surface area contributed by atoms with Crippen molar-refractivity contribution >= 4 is 41.5 Å². The fourth-order valence-corrected chi connectivity index (χ4v) is 5.63. The number of rotatable bonds is 8. The van der Waals surface area contributed by atoms with Crippen molar-refractivity contribution in [1.82, 2.24) is 20.6 Å². The molecule has 1 fully saturated rings. The van der Waals surface area contributed by atoms with Gasteiger partial charge in [-0.3, -0.25) is 4.79 Å². The Balaban J connectivity index is 1.66. The lowest BCUT2D eigenvalue weighted by molar-refractivity contribution is 0.0521. The highest BCUT2D eigenvalue weighted by atomic mass is 16.6. The van der Waals surface area contributed by atoms with E-state index in [-0.39, 0.29) is 36.4 Å². The lowest BCUT2D eigenvalue weighted by atomic mass is 9.77. The summed E-state index contributed by atoms with van der Waals surface area (Å²) in [7, 11) is 0. The minimum Gasteiger partial charge on any atom is -0.486 e. The van der Waals surface area contributed by atoms with Crippen molar-refractivity contribution in [2.24, 2.45) is 0 Å². The Hall–Kier alpha value is -4.62. The van der Waals surface area contributed by atoms with Gasteiger partial charge in [-0.2, -0.15) is 4.90 Å². The molecule has 14 heteroatoms. The average molecular weight is 641 g/mol. The van der Waals surface area contributed by atoms with Crippen molar-refractivity contribution in [2.45, 2.75) is 104 Å². The van der Waals surface area contributed by atoms with Crippen molar-refractivity contribution in [3.05, 3.63) is 35.2 Å². The van der Waals surface area contributed by atoms with E-state index in [9.17, 15) is 24.3 Å². The number of carbonyl (C=O) groups is 4. The minimum absolute atomic E-state index is 0.00260. The monoisotopic (exact) mass is 640 g/mol. The number of anilines is 3. The standard InChI is InChI=1S/C32H44N6O8/c1-19-16-20(17-21-22(19)26(39)37-32(21)12-9-8-10-13-32)36-24-23(44-15-11-14-33-27(40)45-30(2,3)4)25(35-18-34-24)38(28(41)42)29(43)46-31(5,6)7/h16-18H,8-15H2,1-7H3,(H,33,40)(H,37,39)(H,41,42)(H,34,35,36). The molecule has 46 heavy (non-hydrogen) atoms. The summed E-state index contributed by atoms with van der Waals surface area (Å²) < 4.78 is 16.6. The van der Waals surface area contributed by atoms with Gasteiger partial charge >= 0.3 is 18.3 Å². The maximum atomic E-state index is 13.0. The van der Waals surface area contributed by atoms with Crippen molar-refractivity contribution in [2.75, 3.05) is 23.4 Å². The van der Waals surface area contributed by atoms with Gasteiger partial charge in [0.25, 0.3) is 5.91 Å². The summed E-state index contributed by atoms with van der Waals surface area (Å²) in [5.41, 5.74) is 0.841. The van der Waals surface area contributed by atoms with Crippen LogP contribution in [0.1, 0.15) is 102 Å². The number of aromatic nitrogens is 2. The molecule has 0 saturated heterocycles. The second-order valence-corrected chi connectivity index (χ2v) is 13.5. The van der Waals surface area contributed by atoms with E-state index in [2.05, 4.69) is 25.9 Å². The summed E-state index contributed by atoms with van der Waals surface area (Å²) in [6.07, 6.45) is 2.82. The largest absolute Gasteiger partial charge is 0.486 e. The first-order valence-electron chi connectivity index (χ1n) is 15.4. The van der Waals surface area contributed by atoms with Gasteiger partial charge in [0, 0.05) is 17.8 Å². The molecule has 0 atom stereocenters. The van der Waals surface area contributed by atoms with Crippen LogP contribution in [0.3, 0.4) is 0 Å². The topological polar surface area (TPSA) is 181 Å². The van der Waals surface area contributed by atoms with E-state index in [0.717, 1.165) is 49.6 Å². The van der Waals surface area contributed by atoms with E-state index >= 15 is 0 Å². The van der Waals surface area contributed by atoms with Crippen LogP contribution in [0.4, 0.5) is 31.7 Å². The third kappa shape index (κ3) is 8.15. The molecule has 1 spiro atoms. The quantitative estimate of drug-likeness (QED) is 0.243. The van der Waals surface area contributed by atoms with Crippen LogP contribution < -0.4 is 25.6 Å². The number of fused-ring (bicyclic) bond motifs is 2. The summed E-state index contributed by atoms with van der Waals surface area (Å²) in [6, 6.07) is 3.71. The van der Waals surface area contributed by atoms with Gasteiger partial charge in [0.1, 0.15) is 17.5 Å². The minimum atomic E-state index is -1.63. The lowest BCUT2D eigenvalue weighted by Crippen LogP contribution is -2.41. The first-order valence-corrected chi connectivity index (χ1v) is 15.4. The molecule has 250 valence electrons. The molecule has 4 N–H and O–H groups in total. The zero-order chi connectivity index (χ0) is 33.9. The Labute approximate surface area is 268 Å². The van der Waals surface area contributed by atoms with Gasteiger partial charge in [-0.1, -0.05) is 19.3 Å². The number of nitrogens with zero attached hydrogens (tertiary/aromatic N) is 3. The van der Waals surface area contributed by atoms with Crippen LogP contribution in [0.2, 0.25) is 0 Å². The molecule has 1 aliphatic heterocycles. The van der Waals surface area contributed by atoms with Crippen molar-refractivity contribution in [3.8, 4) is 5.75 Å². The molecule has 2 heterocycles. The number of hydrogen-bond acceptors (Lipinski definition) is 10. The molecular formula is C32H44N6O8. The van der Waals surface area contributed by atoms with Crippen molar-refractivity contribution < 1.29 is 38.5 Å². The number of benzene rings is 1. The van der Waals surface area contributed by atoms with Gasteiger partial charge in [-0.05, 0) is 91.0 Å². The molecular weight excluding hydrogens is 596 g/mol. The summed E-state index contributed by atoms with van der Waals surface area (Å²) in [5.74, 6) is -0.469. The van der Waals surface area contributed by atoms with Crippen LogP contribution >= 0.6 is 0 Å². The summed E-state index contributed by atoms with van der Waals surface area (Å²) in [4.78, 5) is 59.3. The molecule has 1 aliphatic carbocycles. The van der Waals surface area contributed by atoms with Crippen LogP contribution in [0, 0.1) is 6.92 Å². The molecule has 2 aromatic rings. The summed E-state index contributed by atoms with van der Waals surface area (Å²) in [6.45, 7) is 12.2. The summed E-state index contributed by atoms with van der Waals surface area (Å²) in [5, 5.41) is 19.1. The molecule has 0 bridgehead atoms. The first-order chi connectivity index (χ1) is 21.5. The van der Waals surface area contributed by atoms with Gasteiger partial charge in [-0.15, -0.1) is 0 Å². The summed E-state index contributed by atoms with van der Waals surface area (Å²) >= 11 is 0. The fourth-order valence-electron chi connectivity index (χ4n) is 5.63. The lowest BCUT2D eigenvalue weighted by Gasteiger charge is -2.34. The third-order valence-corrected chi connectivity index (χ3v) is 7.40. The van der Waals surface area contributed by atoms with Crippen LogP contribution in [0.5, 0.6) is 5.75 Å². The molecule has 1 aromatic carbocycles. The normalized spacial score (nSPS) is 15.4. The van der Waals surface area contributed by atoms with Crippen LogP contribution in [0.25, 0.3) is 0 Å². The van der Waals surface area contributed by atoms with Crippen LogP contribution in [-0.4, -0.2) is 63.6 Å². The Kier molecular flexibility index (Phi) is 9.97. The molecule has 0 radical (unpaired) electrons. The van der Waals surface area contributed by atoms with Gasteiger partial charge in [0.2, 0.25) is 5.75 Å². The highest BCUT2D eigenvalue weighted by Crippen LogP contribution is 2.45. The smallest absolute Gasteiger partial charge is 0.425 e. The second-order valence-electron chi connectivity index (χ2n) is 13.5. The number of aryl methyl sites for hydroxylation is 1. The molecule has 2 aliphatic rings. The SMILES string of the molecule is Cc1cc(Nc2ncnc(N(C(=O)O)C(=O)OC(C)(C)C)c2OCCCNC(=O)OC(C)(C)C)cc2c1C(=O)NC21CCCCC1. The highest BCUT2D eigenvalue weighted by Gasteiger charge is 2.44. The zero-order valence-corrected chi connectivity index (χ0v) is 27.5. The number of ether oxygens (including phenoxy) is 3. The Bertz CT molecular complexity index is 1490. The molecule has 14 nitrogen and oxygen atoms in total. The van der Waals surface area contributed by atoms with Gasteiger partial charge in [0.15, 0.2) is 11.6 Å². The van der Waals surface area contributed by atoms with Crippen LogP contribution in [0.15, 0.2) is 18.5 Å². The van der Waals surface area contributed by atoms with E-state index in [4.69, 9.17) is 14.2 Å². The van der Waals surface area contributed by atoms with Gasteiger partial charge < -0.3 is 35.3 Å². The zero-order valence-electron chi connectivity index (χ0n) is 27.5. The predicted molar refractivity (Wildman–Crippen MR) is 170 cm³/mol. The molecule has 1 saturated carbocycles. The molecule has 4 rings (SSSR count). The maximum absolute atomic E-state index is 13.0. The fraction of sp³-hybridized carbons (Fsp3) is 0.562. The van der Waals surface area contributed by atoms with E-state index in [0.29, 0.717) is 22.6 Å². The van der Waals surface area contributed by atoms with Gasteiger partial charge in [0.05, 0.1) is 12.1 Å². The van der Waals surface area contributed by atoms with Crippen molar-refractivity contribution in [3.63, 3.8) is 0 Å². The first kappa shape index (κ1) is 34.3. The Morgan fingerprint density at radius 1 is 1.02 bits per heavy atom. The molecule has 4 amide bonds.